The number of benzene rings is 4. The topological polar surface area (TPSA) is 55.1 Å². The van der Waals surface area contributed by atoms with Crippen molar-refractivity contribution in [3.63, 3.8) is 0 Å². The van der Waals surface area contributed by atoms with Gasteiger partial charge in [0, 0.05) is 16.3 Å². The maximum Gasteiger partial charge on any atom is 0.257 e. The number of nitrogens with zero attached hydrogens (tertiary/aromatic N) is 1. The highest BCUT2D eigenvalue weighted by atomic mass is 35.5. The van der Waals surface area contributed by atoms with Crippen molar-refractivity contribution in [1.29, 1.82) is 0 Å². The molecule has 1 aromatic heterocycles. The molecule has 0 unspecified atom stereocenters. The summed E-state index contributed by atoms with van der Waals surface area (Å²) in [7, 11) is 0. The average Bonchev–Trinajstić information content (AvgIpc) is 3.23. The van der Waals surface area contributed by atoms with E-state index in [-0.39, 0.29) is 5.91 Å². The summed E-state index contributed by atoms with van der Waals surface area (Å²) in [5.74, 6) is 0.190. The van der Waals surface area contributed by atoms with Crippen LogP contribution in [0, 0.1) is 0 Å². The molecule has 0 bridgehead atoms. The summed E-state index contributed by atoms with van der Waals surface area (Å²) in [5, 5.41) is 3.60. The minimum absolute atomic E-state index is 0.291. The van der Waals surface area contributed by atoms with Crippen LogP contribution >= 0.6 is 23.2 Å². The van der Waals surface area contributed by atoms with Gasteiger partial charge in [-0.1, -0.05) is 65.7 Å². The third-order valence-electron chi connectivity index (χ3n) is 5.06. The van der Waals surface area contributed by atoms with Gasteiger partial charge in [-0.15, -0.1) is 0 Å². The van der Waals surface area contributed by atoms with Crippen LogP contribution < -0.4 is 5.32 Å². The molecule has 156 valence electrons. The molecule has 0 spiro atoms. The minimum atomic E-state index is -0.328. The number of amides is 1. The molecule has 0 saturated carbocycles. The fraction of sp³-hybridized carbons (Fsp3) is 0. The molecule has 1 N–H and O–H groups in total. The summed E-state index contributed by atoms with van der Waals surface area (Å²) in [6, 6.07) is 28.3. The number of carbonyl (C=O) groups is 1. The van der Waals surface area contributed by atoms with Crippen molar-refractivity contribution in [1.82, 2.24) is 4.98 Å². The Bertz CT molecular complexity index is 1430. The molecule has 0 atom stereocenters. The molecule has 0 radical (unpaired) electrons. The summed E-state index contributed by atoms with van der Waals surface area (Å²) in [5.41, 5.74) is 5.36. The average molecular weight is 459 g/mol. The molecule has 5 rings (SSSR count). The molecule has 1 amide bonds. The predicted octanol–water partition coefficient (Wildman–Crippen LogP) is 7.72. The molecule has 1 heterocycles. The fourth-order valence-corrected chi connectivity index (χ4v) is 3.93. The molecule has 0 saturated heterocycles. The van der Waals surface area contributed by atoms with Gasteiger partial charge in [0.15, 0.2) is 5.58 Å². The summed E-state index contributed by atoms with van der Waals surface area (Å²) in [4.78, 5) is 17.2. The maximum atomic E-state index is 12.6. The maximum absolute atomic E-state index is 12.6. The fourth-order valence-electron chi connectivity index (χ4n) is 3.44. The van der Waals surface area contributed by atoms with Crippen molar-refractivity contribution < 1.29 is 9.21 Å². The Labute approximate surface area is 194 Å². The van der Waals surface area contributed by atoms with Gasteiger partial charge in [0.1, 0.15) is 5.52 Å². The highest BCUT2D eigenvalue weighted by Gasteiger charge is 2.13. The highest BCUT2D eigenvalue weighted by molar-refractivity contribution is 6.37. The zero-order valence-electron chi connectivity index (χ0n) is 16.7. The van der Waals surface area contributed by atoms with E-state index in [1.165, 1.54) is 6.07 Å². The van der Waals surface area contributed by atoms with Crippen LogP contribution in [0.5, 0.6) is 0 Å². The van der Waals surface area contributed by atoms with E-state index >= 15 is 0 Å². The lowest BCUT2D eigenvalue weighted by atomic mass is 10.0. The number of fused-ring (bicyclic) bond motifs is 1. The van der Waals surface area contributed by atoms with Gasteiger partial charge in [-0.25, -0.2) is 4.98 Å². The Balaban J connectivity index is 1.39. The quantitative estimate of drug-likeness (QED) is 0.299. The number of rotatable bonds is 4. The molecular formula is C26H16Cl2N2O2. The van der Waals surface area contributed by atoms with E-state index in [4.69, 9.17) is 27.6 Å². The molecule has 5 aromatic rings. The number of aromatic nitrogens is 1. The molecule has 6 heteroatoms. The second-order valence-electron chi connectivity index (χ2n) is 7.22. The lowest BCUT2D eigenvalue weighted by Crippen LogP contribution is -2.12. The number of hydrogen-bond donors (Lipinski definition) is 1. The van der Waals surface area contributed by atoms with E-state index in [0.29, 0.717) is 38.3 Å². The van der Waals surface area contributed by atoms with Crippen molar-refractivity contribution in [2.24, 2.45) is 0 Å². The third-order valence-corrected chi connectivity index (χ3v) is 5.61. The smallest absolute Gasteiger partial charge is 0.257 e. The minimum Gasteiger partial charge on any atom is -0.436 e. The second kappa shape index (κ2) is 8.50. The van der Waals surface area contributed by atoms with E-state index in [2.05, 4.69) is 22.4 Å². The molecule has 32 heavy (non-hydrogen) atoms. The van der Waals surface area contributed by atoms with Crippen LogP contribution in [0.25, 0.3) is 33.7 Å². The van der Waals surface area contributed by atoms with Crippen molar-refractivity contribution in [2.45, 2.75) is 0 Å². The first-order valence-electron chi connectivity index (χ1n) is 9.90. The highest BCUT2D eigenvalue weighted by Crippen LogP contribution is 2.29. The van der Waals surface area contributed by atoms with Crippen LogP contribution in [0.4, 0.5) is 5.69 Å². The first kappa shape index (κ1) is 20.3. The predicted molar refractivity (Wildman–Crippen MR) is 129 cm³/mol. The van der Waals surface area contributed by atoms with E-state index in [9.17, 15) is 4.79 Å². The molecular weight excluding hydrogens is 443 g/mol. The van der Waals surface area contributed by atoms with Gasteiger partial charge >= 0.3 is 0 Å². The van der Waals surface area contributed by atoms with Crippen molar-refractivity contribution in [3.8, 4) is 22.6 Å². The monoisotopic (exact) mass is 458 g/mol. The summed E-state index contributed by atoms with van der Waals surface area (Å²) in [6.07, 6.45) is 0. The summed E-state index contributed by atoms with van der Waals surface area (Å²) >= 11 is 12.0. The first-order chi connectivity index (χ1) is 15.6. The number of halogens is 2. The Morgan fingerprint density at radius 3 is 2.25 bits per heavy atom. The molecule has 0 aliphatic carbocycles. The summed E-state index contributed by atoms with van der Waals surface area (Å²) in [6.45, 7) is 0. The van der Waals surface area contributed by atoms with E-state index in [1.807, 2.05) is 42.5 Å². The van der Waals surface area contributed by atoms with E-state index < -0.39 is 0 Å². The van der Waals surface area contributed by atoms with Crippen LogP contribution in [-0.2, 0) is 0 Å². The molecule has 0 aliphatic rings. The number of carbonyl (C=O) groups excluding carboxylic acids is 1. The molecule has 4 aromatic carbocycles. The van der Waals surface area contributed by atoms with Gasteiger partial charge in [-0.05, 0) is 59.7 Å². The van der Waals surface area contributed by atoms with Crippen molar-refractivity contribution in [3.05, 3.63) is 107 Å². The molecule has 0 fully saturated rings. The van der Waals surface area contributed by atoms with Crippen LogP contribution in [0.3, 0.4) is 0 Å². The summed E-state index contributed by atoms with van der Waals surface area (Å²) < 4.78 is 5.92. The number of hydrogen-bond acceptors (Lipinski definition) is 3. The Hall–Kier alpha value is -3.60. The lowest BCUT2D eigenvalue weighted by molar-refractivity contribution is 0.102. The van der Waals surface area contributed by atoms with E-state index in [1.54, 1.807) is 30.3 Å². The Morgan fingerprint density at radius 1 is 0.781 bits per heavy atom. The second-order valence-corrected chi connectivity index (χ2v) is 8.07. The van der Waals surface area contributed by atoms with Gasteiger partial charge < -0.3 is 9.73 Å². The molecule has 4 nitrogen and oxygen atoms in total. The van der Waals surface area contributed by atoms with Crippen LogP contribution in [0.15, 0.2) is 95.4 Å². The first-order valence-corrected chi connectivity index (χ1v) is 10.7. The number of anilines is 1. The third kappa shape index (κ3) is 4.11. The lowest BCUT2D eigenvalue weighted by Gasteiger charge is -2.06. The zero-order valence-corrected chi connectivity index (χ0v) is 18.2. The van der Waals surface area contributed by atoms with Gasteiger partial charge in [0.2, 0.25) is 5.89 Å². The van der Waals surface area contributed by atoms with Crippen LogP contribution in [-0.4, -0.2) is 10.9 Å². The largest absolute Gasteiger partial charge is 0.436 e. The Kier molecular flexibility index (Phi) is 5.39. The van der Waals surface area contributed by atoms with Crippen LogP contribution in [0.2, 0.25) is 10.0 Å². The Morgan fingerprint density at radius 2 is 1.50 bits per heavy atom. The normalized spacial score (nSPS) is 10.9. The van der Waals surface area contributed by atoms with Gasteiger partial charge in [0.25, 0.3) is 5.91 Å². The standard InChI is InChI=1S/C26H16Cl2N2O2/c27-19-10-12-21(22(28)14-19)25(31)29-20-11-13-24-23(15-20)30-26(32-24)18-8-6-17(7-9-18)16-4-2-1-3-5-16/h1-15H,(H,29,31). The zero-order chi connectivity index (χ0) is 22.1. The van der Waals surface area contributed by atoms with Gasteiger partial charge in [-0.3, -0.25) is 4.79 Å². The van der Waals surface area contributed by atoms with Gasteiger partial charge in [0.05, 0.1) is 10.6 Å². The SMILES string of the molecule is O=C(Nc1ccc2oc(-c3ccc(-c4ccccc4)cc3)nc2c1)c1ccc(Cl)cc1Cl. The van der Waals surface area contributed by atoms with Crippen LogP contribution in [0.1, 0.15) is 10.4 Å². The molecule has 0 aliphatic heterocycles. The van der Waals surface area contributed by atoms with Gasteiger partial charge in [-0.2, -0.15) is 0 Å². The number of oxazole rings is 1. The van der Waals surface area contributed by atoms with Crippen molar-refractivity contribution >= 4 is 45.9 Å². The van der Waals surface area contributed by atoms with E-state index in [0.717, 1.165) is 16.7 Å². The van der Waals surface area contributed by atoms with Crippen molar-refractivity contribution in [2.75, 3.05) is 5.32 Å². The number of nitrogens with one attached hydrogen (secondary N) is 1.